The Balaban J connectivity index is 1.93. The van der Waals surface area contributed by atoms with Gasteiger partial charge in [-0.1, -0.05) is 13.0 Å². The summed E-state index contributed by atoms with van der Waals surface area (Å²) in [7, 11) is 0. The highest BCUT2D eigenvalue weighted by molar-refractivity contribution is 5.47. The van der Waals surface area contributed by atoms with Crippen molar-refractivity contribution in [2.45, 2.75) is 39.5 Å². The largest absolute Gasteiger partial charge is 0.439 e. The average molecular weight is 269 g/mol. The minimum absolute atomic E-state index is 0.494. The quantitative estimate of drug-likeness (QED) is 0.929. The third-order valence-corrected chi connectivity index (χ3v) is 3.79. The summed E-state index contributed by atoms with van der Waals surface area (Å²) in [5.74, 6) is 2.60. The number of rotatable bonds is 3. The Morgan fingerprint density at radius 3 is 2.80 bits per heavy atom. The Morgan fingerprint density at radius 1 is 1.20 bits per heavy atom. The number of benzene rings is 1. The summed E-state index contributed by atoms with van der Waals surface area (Å²) in [4.78, 5) is 8.67. The summed E-state index contributed by atoms with van der Waals surface area (Å²) >= 11 is 0. The zero-order valence-corrected chi connectivity index (χ0v) is 11.9. The number of nitrogens with zero attached hydrogens (tertiary/aromatic N) is 2. The summed E-state index contributed by atoms with van der Waals surface area (Å²) in [6.45, 7) is 3.89. The van der Waals surface area contributed by atoms with Crippen molar-refractivity contribution in [3.63, 3.8) is 0 Å². The van der Waals surface area contributed by atoms with E-state index in [1.165, 1.54) is 24.0 Å². The molecule has 0 saturated carbocycles. The predicted molar refractivity (Wildman–Crippen MR) is 79.1 cm³/mol. The second-order valence-electron chi connectivity index (χ2n) is 5.19. The molecule has 0 fully saturated rings. The first-order valence-corrected chi connectivity index (χ1v) is 7.10. The molecule has 4 heteroatoms. The third kappa shape index (κ3) is 2.33. The SMILES string of the molecule is CCc1nc(N)c(C)c(Oc2ccc3c(c2)CCC3)n1. The van der Waals surface area contributed by atoms with Gasteiger partial charge in [-0.15, -0.1) is 0 Å². The first-order chi connectivity index (χ1) is 9.67. The number of ether oxygens (including phenoxy) is 1. The molecule has 0 atom stereocenters. The molecule has 2 N–H and O–H groups in total. The molecule has 0 amide bonds. The number of nitrogen functional groups attached to an aromatic ring is 1. The predicted octanol–water partition coefficient (Wildman–Crippen LogP) is 3.21. The van der Waals surface area contributed by atoms with Gasteiger partial charge in [-0.2, -0.15) is 4.98 Å². The first kappa shape index (κ1) is 12.9. The molecule has 0 radical (unpaired) electrons. The Morgan fingerprint density at radius 2 is 2.00 bits per heavy atom. The summed E-state index contributed by atoms with van der Waals surface area (Å²) < 4.78 is 5.93. The lowest BCUT2D eigenvalue weighted by atomic mass is 10.1. The highest BCUT2D eigenvalue weighted by Gasteiger charge is 2.14. The van der Waals surface area contributed by atoms with Crippen LogP contribution >= 0.6 is 0 Å². The van der Waals surface area contributed by atoms with Crippen LogP contribution in [0.1, 0.15) is 35.9 Å². The summed E-state index contributed by atoms with van der Waals surface area (Å²) in [5, 5.41) is 0. The van der Waals surface area contributed by atoms with Gasteiger partial charge in [-0.25, -0.2) is 4.98 Å². The number of aryl methyl sites for hydroxylation is 3. The van der Waals surface area contributed by atoms with E-state index < -0.39 is 0 Å². The molecule has 2 aromatic rings. The Hall–Kier alpha value is -2.10. The molecule has 0 bridgehead atoms. The molecule has 20 heavy (non-hydrogen) atoms. The maximum absolute atomic E-state index is 5.93. The van der Waals surface area contributed by atoms with Crippen molar-refractivity contribution in [1.82, 2.24) is 9.97 Å². The van der Waals surface area contributed by atoms with Crippen LogP contribution in [0.5, 0.6) is 11.6 Å². The number of aromatic nitrogens is 2. The lowest BCUT2D eigenvalue weighted by Crippen LogP contribution is -2.04. The van der Waals surface area contributed by atoms with Crippen molar-refractivity contribution in [1.29, 1.82) is 0 Å². The van der Waals surface area contributed by atoms with Crippen LogP contribution < -0.4 is 10.5 Å². The Labute approximate surface area is 119 Å². The second kappa shape index (κ2) is 5.12. The van der Waals surface area contributed by atoms with Gasteiger partial charge in [0, 0.05) is 6.42 Å². The molecule has 1 aliphatic rings. The van der Waals surface area contributed by atoms with Crippen LogP contribution in [0.25, 0.3) is 0 Å². The van der Waals surface area contributed by atoms with Crippen molar-refractivity contribution in [2.24, 2.45) is 0 Å². The number of hydrogen-bond donors (Lipinski definition) is 1. The van der Waals surface area contributed by atoms with Gasteiger partial charge in [-0.05, 0) is 49.4 Å². The van der Waals surface area contributed by atoms with Crippen LogP contribution in [0.15, 0.2) is 18.2 Å². The van der Waals surface area contributed by atoms with E-state index in [0.29, 0.717) is 17.5 Å². The summed E-state index contributed by atoms with van der Waals surface area (Å²) in [6, 6.07) is 6.28. The zero-order valence-electron chi connectivity index (χ0n) is 11.9. The highest BCUT2D eigenvalue weighted by atomic mass is 16.5. The standard InChI is InChI=1S/C16H19N3O/c1-3-14-18-15(17)10(2)16(19-14)20-13-8-7-11-5-4-6-12(11)9-13/h7-9H,3-6H2,1-2H3,(H2,17,18,19). The second-order valence-corrected chi connectivity index (χ2v) is 5.19. The number of nitrogens with two attached hydrogens (primary N) is 1. The van der Waals surface area contributed by atoms with Crippen molar-refractivity contribution in [2.75, 3.05) is 5.73 Å². The van der Waals surface area contributed by atoms with E-state index in [2.05, 4.69) is 22.1 Å². The highest BCUT2D eigenvalue weighted by Crippen LogP contribution is 2.30. The van der Waals surface area contributed by atoms with Crippen LogP contribution in [-0.4, -0.2) is 9.97 Å². The monoisotopic (exact) mass is 269 g/mol. The smallest absolute Gasteiger partial charge is 0.227 e. The molecule has 104 valence electrons. The van der Waals surface area contributed by atoms with Gasteiger partial charge in [-0.3, -0.25) is 0 Å². The van der Waals surface area contributed by atoms with Gasteiger partial charge in [0.15, 0.2) is 0 Å². The van der Waals surface area contributed by atoms with Crippen LogP contribution in [0.2, 0.25) is 0 Å². The van der Waals surface area contributed by atoms with Crippen molar-refractivity contribution >= 4 is 5.82 Å². The molecular formula is C16H19N3O. The molecule has 1 aromatic heterocycles. The Kier molecular flexibility index (Phi) is 3.30. The lowest BCUT2D eigenvalue weighted by Gasteiger charge is -2.11. The molecule has 0 spiro atoms. The first-order valence-electron chi connectivity index (χ1n) is 7.10. The van der Waals surface area contributed by atoms with Crippen LogP contribution in [0.4, 0.5) is 5.82 Å². The summed E-state index contributed by atoms with van der Waals surface area (Å²) in [5.41, 5.74) is 9.53. The fourth-order valence-electron chi connectivity index (χ4n) is 2.54. The van der Waals surface area contributed by atoms with E-state index in [9.17, 15) is 0 Å². The number of fused-ring (bicyclic) bond motifs is 1. The molecule has 1 heterocycles. The lowest BCUT2D eigenvalue weighted by molar-refractivity contribution is 0.454. The minimum Gasteiger partial charge on any atom is -0.439 e. The normalized spacial score (nSPS) is 13.3. The third-order valence-electron chi connectivity index (χ3n) is 3.79. The molecule has 4 nitrogen and oxygen atoms in total. The molecule has 1 aliphatic carbocycles. The van der Waals surface area contributed by atoms with E-state index in [-0.39, 0.29) is 0 Å². The molecule has 3 rings (SSSR count). The van der Waals surface area contributed by atoms with Gasteiger partial charge < -0.3 is 10.5 Å². The maximum atomic E-state index is 5.93. The van der Waals surface area contributed by atoms with Crippen molar-refractivity contribution in [3.8, 4) is 11.6 Å². The minimum atomic E-state index is 0.494. The summed E-state index contributed by atoms with van der Waals surface area (Å²) in [6.07, 6.45) is 4.29. The van der Waals surface area contributed by atoms with E-state index in [1.54, 1.807) is 0 Å². The van der Waals surface area contributed by atoms with E-state index in [4.69, 9.17) is 10.5 Å². The molecule has 0 unspecified atom stereocenters. The van der Waals surface area contributed by atoms with Crippen molar-refractivity contribution < 1.29 is 4.74 Å². The van der Waals surface area contributed by atoms with Crippen LogP contribution in [0.3, 0.4) is 0 Å². The number of anilines is 1. The molecule has 0 saturated heterocycles. The van der Waals surface area contributed by atoms with Gasteiger partial charge in [0.05, 0.1) is 5.56 Å². The van der Waals surface area contributed by atoms with E-state index >= 15 is 0 Å². The molecular weight excluding hydrogens is 250 g/mol. The Bertz CT molecular complexity index is 652. The molecule has 0 aliphatic heterocycles. The van der Waals surface area contributed by atoms with E-state index in [0.717, 1.165) is 24.2 Å². The zero-order chi connectivity index (χ0) is 14.1. The topological polar surface area (TPSA) is 61.0 Å². The number of hydrogen-bond acceptors (Lipinski definition) is 4. The van der Waals surface area contributed by atoms with Gasteiger partial charge in [0.1, 0.15) is 17.4 Å². The van der Waals surface area contributed by atoms with Crippen molar-refractivity contribution in [3.05, 3.63) is 40.7 Å². The van der Waals surface area contributed by atoms with Gasteiger partial charge in [0.2, 0.25) is 5.88 Å². The van der Waals surface area contributed by atoms with Gasteiger partial charge >= 0.3 is 0 Å². The van der Waals surface area contributed by atoms with Crippen LogP contribution in [0, 0.1) is 6.92 Å². The molecule has 1 aromatic carbocycles. The van der Waals surface area contributed by atoms with Gasteiger partial charge in [0.25, 0.3) is 0 Å². The maximum Gasteiger partial charge on any atom is 0.227 e. The average Bonchev–Trinajstić information content (AvgIpc) is 2.91. The van der Waals surface area contributed by atoms with Crippen LogP contribution in [-0.2, 0) is 19.3 Å². The van der Waals surface area contributed by atoms with E-state index in [1.807, 2.05) is 19.9 Å². The fourth-order valence-corrected chi connectivity index (χ4v) is 2.54. The fraction of sp³-hybridized carbons (Fsp3) is 0.375.